The summed E-state index contributed by atoms with van der Waals surface area (Å²) in [5.41, 5.74) is 1.87. The first kappa shape index (κ1) is 23.1. The highest BCUT2D eigenvalue weighted by Gasteiger charge is 2.22. The normalized spacial score (nSPS) is 10.7. The van der Waals surface area contributed by atoms with Crippen LogP contribution in [0.25, 0.3) is 11.4 Å². The van der Waals surface area contributed by atoms with E-state index in [1.54, 1.807) is 32.2 Å². The van der Waals surface area contributed by atoms with Crippen LogP contribution in [-0.2, 0) is 9.53 Å². The Morgan fingerprint density at radius 1 is 1.32 bits per heavy atom. The highest BCUT2D eigenvalue weighted by molar-refractivity contribution is 7.99. The topological polar surface area (TPSA) is 106 Å². The molecule has 31 heavy (non-hydrogen) atoms. The van der Waals surface area contributed by atoms with Crippen molar-refractivity contribution in [2.24, 2.45) is 0 Å². The number of nitrogens with one attached hydrogen (secondary N) is 2. The zero-order chi connectivity index (χ0) is 22.5. The van der Waals surface area contributed by atoms with Gasteiger partial charge in [-0.3, -0.25) is 9.89 Å². The summed E-state index contributed by atoms with van der Waals surface area (Å²) in [6.45, 7) is 5.74. The molecular formula is C20H21ClN4O4S2. The number of carbonyl (C=O) groups is 2. The van der Waals surface area contributed by atoms with Crippen molar-refractivity contribution in [3.8, 4) is 17.1 Å². The summed E-state index contributed by atoms with van der Waals surface area (Å²) < 4.78 is 10.4. The third kappa shape index (κ3) is 5.38. The van der Waals surface area contributed by atoms with E-state index in [9.17, 15) is 9.59 Å². The first-order chi connectivity index (χ1) is 14.8. The number of anilines is 1. The van der Waals surface area contributed by atoms with Gasteiger partial charge in [-0.2, -0.15) is 0 Å². The lowest BCUT2D eigenvalue weighted by atomic mass is 10.1. The SMILES string of the molecule is CCOC(=O)c1c(NC(=O)CSc2n[nH]c(-c3cc(Cl)ccc3OC)n2)sc(C)c1C. The molecule has 2 aromatic heterocycles. The second-order valence-corrected chi connectivity index (χ2v) is 8.96. The average molecular weight is 481 g/mol. The maximum Gasteiger partial charge on any atom is 0.341 e. The molecule has 0 unspecified atom stereocenters. The molecule has 0 spiro atoms. The third-order valence-corrected chi connectivity index (χ3v) is 6.54. The molecule has 3 aromatic rings. The molecule has 164 valence electrons. The van der Waals surface area contributed by atoms with Crippen LogP contribution in [0, 0.1) is 13.8 Å². The van der Waals surface area contributed by atoms with E-state index in [0.29, 0.717) is 37.9 Å². The minimum atomic E-state index is -0.443. The number of thiophene rings is 1. The number of amides is 1. The van der Waals surface area contributed by atoms with Crippen molar-refractivity contribution in [3.05, 3.63) is 39.2 Å². The number of methoxy groups -OCH3 is 1. The predicted molar refractivity (Wildman–Crippen MR) is 122 cm³/mol. The van der Waals surface area contributed by atoms with Crippen molar-refractivity contribution < 1.29 is 19.1 Å². The monoisotopic (exact) mass is 480 g/mol. The number of benzene rings is 1. The van der Waals surface area contributed by atoms with Gasteiger partial charge in [0.05, 0.1) is 30.6 Å². The van der Waals surface area contributed by atoms with E-state index in [4.69, 9.17) is 21.1 Å². The molecular weight excluding hydrogens is 460 g/mol. The molecule has 11 heteroatoms. The molecule has 0 atom stereocenters. The number of hydrogen-bond donors (Lipinski definition) is 2. The summed E-state index contributed by atoms with van der Waals surface area (Å²) in [7, 11) is 1.56. The van der Waals surface area contributed by atoms with E-state index in [1.165, 1.54) is 23.1 Å². The first-order valence-corrected chi connectivity index (χ1v) is 11.5. The highest BCUT2D eigenvalue weighted by Crippen LogP contribution is 2.34. The first-order valence-electron chi connectivity index (χ1n) is 9.30. The van der Waals surface area contributed by atoms with Crippen LogP contribution < -0.4 is 10.1 Å². The van der Waals surface area contributed by atoms with Gasteiger partial charge in [0.1, 0.15) is 10.8 Å². The molecule has 8 nitrogen and oxygen atoms in total. The Balaban J connectivity index is 1.68. The lowest BCUT2D eigenvalue weighted by Gasteiger charge is -2.06. The molecule has 0 saturated carbocycles. The fourth-order valence-corrected chi connectivity index (χ4v) is 4.59. The molecule has 0 saturated heterocycles. The summed E-state index contributed by atoms with van der Waals surface area (Å²) in [6.07, 6.45) is 0. The lowest BCUT2D eigenvalue weighted by Crippen LogP contribution is -2.16. The number of H-pyrrole nitrogens is 1. The maximum absolute atomic E-state index is 12.5. The van der Waals surface area contributed by atoms with Crippen LogP contribution in [0.15, 0.2) is 23.4 Å². The van der Waals surface area contributed by atoms with E-state index in [2.05, 4.69) is 20.5 Å². The van der Waals surface area contributed by atoms with Crippen molar-refractivity contribution >= 4 is 51.6 Å². The minimum absolute atomic E-state index is 0.0717. The fraction of sp³-hybridized carbons (Fsp3) is 0.300. The molecule has 0 bridgehead atoms. The van der Waals surface area contributed by atoms with Gasteiger partial charge >= 0.3 is 5.97 Å². The molecule has 0 aliphatic carbocycles. The van der Waals surface area contributed by atoms with Crippen molar-refractivity contribution in [1.82, 2.24) is 15.2 Å². The molecule has 3 rings (SSSR count). The number of esters is 1. The van der Waals surface area contributed by atoms with Gasteiger partial charge in [-0.25, -0.2) is 9.78 Å². The largest absolute Gasteiger partial charge is 0.496 e. The van der Waals surface area contributed by atoms with Gasteiger partial charge in [0.25, 0.3) is 0 Å². The quantitative estimate of drug-likeness (QED) is 0.355. The molecule has 1 amide bonds. The molecule has 0 fully saturated rings. The Kier molecular flexibility index (Phi) is 7.58. The Labute approximate surface area is 192 Å². The number of halogens is 1. The smallest absolute Gasteiger partial charge is 0.341 e. The number of aromatic nitrogens is 3. The van der Waals surface area contributed by atoms with E-state index in [1.807, 2.05) is 13.8 Å². The molecule has 0 radical (unpaired) electrons. The summed E-state index contributed by atoms with van der Waals surface area (Å²) in [4.78, 5) is 30.1. The second kappa shape index (κ2) is 10.2. The van der Waals surface area contributed by atoms with Crippen LogP contribution in [0.1, 0.15) is 27.7 Å². The zero-order valence-corrected chi connectivity index (χ0v) is 19.8. The van der Waals surface area contributed by atoms with Gasteiger partial charge in [0.15, 0.2) is 5.82 Å². The highest BCUT2D eigenvalue weighted by atomic mass is 35.5. The number of ether oxygens (including phenoxy) is 2. The lowest BCUT2D eigenvalue weighted by molar-refractivity contribution is -0.113. The van der Waals surface area contributed by atoms with Gasteiger partial charge in [-0.05, 0) is 44.5 Å². The molecule has 2 heterocycles. The second-order valence-electron chi connectivity index (χ2n) is 6.36. The maximum atomic E-state index is 12.5. The van der Waals surface area contributed by atoms with Crippen molar-refractivity contribution in [2.45, 2.75) is 25.9 Å². The zero-order valence-electron chi connectivity index (χ0n) is 17.4. The van der Waals surface area contributed by atoms with Crippen molar-refractivity contribution in [2.75, 3.05) is 24.8 Å². The summed E-state index contributed by atoms with van der Waals surface area (Å²) in [5.74, 6) is 0.438. The van der Waals surface area contributed by atoms with E-state index < -0.39 is 5.97 Å². The van der Waals surface area contributed by atoms with Gasteiger partial charge in [-0.15, -0.1) is 16.4 Å². The van der Waals surface area contributed by atoms with Crippen molar-refractivity contribution in [3.63, 3.8) is 0 Å². The number of thioether (sulfide) groups is 1. The molecule has 0 aliphatic heterocycles. The summed E-state index contributed by atoms with van der Waals surface area (Å²) in [6, 6.07) is 5.19. The number of aryl methyl sites for hydroxylation is 1. The van der Waals surface area contributed by atoms with Gasteiger partial charge in [-0.1, -0.05) is 23.4 Å². The predicted octanol–water partition coefficient (Wildman–Crippen LogP) is 4.72. The number of carbonyl (C=O) groups excluding carboxylic acids is 2. The van der Waals surface area contributed by atoms with Crippen LogP contribution >= 0.6 is 34.7 Å². The third-order valence-electron chi connectivity index (χ3n) is 4.33. The van der Waals surface area contributed by atoms with Crippen LogP contribution in [0.5, 0.6) is 5.75 Å². The Morgan fingerprint density at radius 2 is 2.10 bits per heavy atom. The average Bonchev–Trinajstić information content (AvgIpc) is 3.31. The number of hydrogen-bond acceptors (Lipinski definition) is 8. The Morgan fingerprint density at radius 3 is 2.81 bits per heavy atom. The number of rotatable bonds is 8. The van der Waals surface area contributed by atoms with Crippen LogP contribution in [0.4, 0.5) is 5.00 Å². The van der Waals surface area contributed by atoms with E-state index in [0.717, 1.165) is 10.4 Å². The number of nitrogens with zero attached hydrogens (tertiary/aromatic N) is 2. The van der Waals surface area contributed by atoms with Crippen LogP contribution in [0.2, 0.25) is 5.02 Å². The molecule has 1 aromatic carbocycles. The van der Waals surface area contributed by atoms with Crippen molar-refractivity contribution in [1.29, 1.82) is 0 Å². The van der Waals surface area contributed by atoms with E-state index >= 15 is 0 Å². The molecule has 0 aliphatic rings. The van der Waals surface area contributed by atoms with Gasteiger partial charge in [0, 0.05) is 9.90 Å². The molecule has 2 N–H and O–H groups in total. The van der Waals surface area contributed by atoms with Crippen LogP contribution in [-0.4, -0.2) is 46.5 Å². The Hall–Kier alpha value is -2.56. The minimum Gasteiger partial charge on any atom is -0.496 e. The standard InChI is InChI=1S/C20H21ClN4O4S2/c1-5-29-19(27)16-10(2)11(3)31-18(16)22-15(26)9-30-20-23-17(24-25-20)13-8-12(21)6-7-14(13)28-4/h6-8H,5,9H2,1-4H3,(H,22,26)(H,23,24,25). The van der Waals surface area contributed by atoms with Gasteiger partial charge in [0.2, 0.25) is 11.1 Å². The van der Waals surface area contributed by atoms with Crippen LogP contribution in [0.3, 0.4) is 0 Å². The van der Waals surface area contributed by atoms with E-state index in [-0.39, 0.29) is 18.3 Å². The van der Waals surface area contributed by atoms with Gasteiger partial charge < -0.3 is 14.8 Å². The fourth-order valence-electron chi connectivity index (χ4n) is 2.75. The summed E-state index contributed by atoms with van der Waals surface area (Å²) in [5, 5.41) is 11.2. The summed E-state index contributed by atoms with van der Waals surface area (Å²) >= 11 is 8.58. The Bertz CT molecular complexity index is 1110. The number of aromatic amines is 1.